The van der Waals surface area contributed by atoms with Gasteiger partial charge in [-0.3, -0.25) is 9.59 Å². The van der Waals surface area contributed by atoms with Crippen molar-refractivity contribution in [3.8, 4) is 0 Å². The van der Waals surface area contributed by atoms with Gasteiger partial charge in [-0.2, -0.15) is 11.8 Å². The van der Waals surface area contributed by atoms with Gasteiger partial charge in [-0.25, -0.2) is 0 Å². The Morgan fingerprint density at radius 1 is 1.18 bits per heavy atom. The minimum absolute atomic E-state index is 0.113. The largest absolute Gasteiger partial charge is 0.394 e. The molecule has 2 unspecified atom stereocenters. The predicted molar refractivity (Wildman–Crippen MR) is 112 cm³/mol. The summed E-state index contributed by atoms with van der Waals surface area (Å²) in [6.45, 7) is 0.313. The van der Waals surface area contributed by atoms with Crippen LogP contribution in [0.2, 0.25) is 0 Å². The average Bonchev–Trinajstić information content (AvgIpc) is 3.06. The molecular weight excluding hydrogens is 372 g/mol. The molecule has 5 nitrogen and oxygen atoms in total. The number of amides is 2. The normalized spacial score (nSPS) is 15.2. The van der Waals surface area contributed by atoms with Crippen LogP contribution >= 0.6 is 11.8 Å². The molecule has 0 radical (unpaired) electrons. The Bertz CT molecular complexity index is 812. The summed E-state index contributed by atoms with van der Waals surface area (Å²) in [6, 6.07) is 16.3. The summed E-state index contributed by atoms with van der Waals surface area (Å²) in [6.07, 6.45) is 3.12. The van der Waals surface area contributed by atoms with Crippen LogP contribution in [-0.4, -0.2) is 52.5 Å². The molecule has 2 atom stereocenters. The smallest absolute Gasteiger partial charge is 0.255 e. The summed E-state index contributed by atoms with van der Waals surface area (Å²) in [5.41, 5.74) is 2.60. The molecule has 148 valence electrons. The van der Waals surface area contributed by atoms with Crippen LogP contribution in [0, 0.1) is 0 Å². The van der Waals surface area contributed by atoms with E-state index in [1.807, 2.05) is 60.9 Å². The van der Waals surface area contributed by atoms with Crippen LogP contribution in [0.5, 0.6) is 0 Å². The Morgan fingerprint density at radius 2 is 1.89 bits per heavy atom. The first-order valence-corrected chi connectivity index (χ1v) is 10.9. The number of aliphatic hydroxyl groups is 1. The summed E-state index contributed by atoms with van der Waals surface area (Å²) >= 11 is 1.67. The van der Waals surface area contributed by atoms with E-state index in [1.54, 1.807) is 16.7 Å². The molecule has 0 saturated heterocycles. The van der Waals surface area contributed by atoms with Gasteiger partial charge in [0, 0.05) is 18.5 Å². The summed E-state index contributed by atoms with van der Waals surface area (Å²) < 4.78 is 0. The van der Waals surface area contributed by atoms with Crippen molar-refractivity contribution < 1.29 is 14.7 Å². The van der Waals surface area contributed by atoms with Crippen LogP contribution in [0.25, 0.3) is 0 Å². The van der Waals surface area contributed by atoms with Crippen LogP contribution in [0.3, 0.4) is 0 Å². The number of rotatable bonds is 9. The van der Waals surface area contributed by atoms with Gasteiger partial charge in [0.05, 0.1) is 12.6 Å². The van der Waals surface area contributed by atoms with Crippen LogP contribution in [-0.2, 0) is 17.8 Å². The van der Waals surface area contributed by atoms with Crippen molar-refractivity contribution in [1.29, 1.82) is 0 Å². The second-order valence-electron chi connectivity index (χ2n) is 6.97. The first-order valence-electron chi connectivity index (χ1n) is 9.47. The predicted octanol–water partition coefficient (Wildman–Crippen LogP) is 2.48. The van der Waals surface area contributed by atoms with Crippen LogP contribution < -0.4 is 5.32 Å². The Labute approximate surface area is 170 Å². The number of benzene rings is 2. The summed E-state index contributed by atoms with van der Waals surface area (Å²) in [7, 11) is 0. The second kappa shape index (κ2) is 9.75. The van der Waals surface area contributed by atoms with Gasteiger partial charge in [0.25, 0.3) is 5.91 Å². The van der Waals surface area contributed by atoms with Gasteiger partial charge in [0.1, 0.15) is 6.04 Å². The van der Waals surface area contributed by atoms with Crippen molar-refractivity contribution in [3.63, 3.8) is 0 Å². The monoisotopic (exact) mass is 398 g/mol. The third-order valence-electron chi connectivity index (χ3n) is 5.04. The molecule has 0 saturated carbocycles. The summed E-state index contributed by atoms with van der Waals surface area (Å²) in [5.74, 6) is 0.518. The molecular formula is C22H26N2O3S. The molecule has 2 N–H and O–H groups in total. The van der Waals surface area contributed by atoms with E-state index < -0.39 is 6.04 Å². The summed E-state index contributed by atoms with van der Waals surface area (Å²) in [5, 5.41) is 12.6. The van der Waals surface area contributed by atoms with E-state index in [9.17, 15) is 14.7 Å². The van der Waals surface area contributed by atoms with Gasteiger partial charge in [-0.05, 0) is 35.6 Å². The fraction of sp³-hybridized carbons (Fsp3) is 0.364. The highest BCUT2D eigenvalue weighted by Crippen LogP contribution is 2.26. The molecule has 0 aliphatic carbocycles. The van der Waals surface area contributed by atoms with Gasteiger partial charge < -0.3 is 15.3 Å². The van der Waals surface area contributed by atoms with Crippen molar-refractivity contribution >= 4 is 23.6 Å². The third-order valence-corrected chi connectivity index (χ3v) is 5.68. The number of carbonyl (C=O) groups is 2. The van der Waals surface area contributed by atoms with E-state index in [4.69, 9.17) is 0 Å². The van der Waals surface area contributed by atoms with Gasteiger partial charge in [0.2, 0.25) is 5.91 Å². The van der Waals surface area contributed by atoms with E-state index in [-0.39, 0.29) is 24.5 Å². The van der Waals surface area contributed by atoms with Crippen LogP contribution in [0.4, 0.5) is 0 Å². The average molecular weight is 399 g/mol. The number of thioether (sulfide) groups is 1. The Hall–Kier alpha value is -2.31. The molecule has 3 rings (SSSR count). The minimum Gasteiger partial charge on any atom is -0.394 e. The van der Waals surface area contributed by atoms with E-state index in [0.717, 1.165) is 16.9 Å². The second-order valence-corrected chi connectivity index (χ2v) is 7.95. The minimum atomic E-state index is -0.620. The number of hydrogen-bond donors (Lipinski definition) is 2. The Balaban J connectivity index is 1.81. The van der Waals surface area contributed by atoms with Gasteiger partial charge in [-0.1, -0.05) is 48.5 Å². The molecule has 0 bridgehead atoms. The standard InChI is InChI=1S/C22H26N2O3S/c1-28-12-11-18(15-25)23-21(26)20(13-16-7-3-2-4-8-16)24-14-17-9-5-6-10-19(17)22(24)27/h2-10,18,20,25H,11-15H2,1H3,(H,23,26). The number of aliphatic hydroxyl groups excluding tert-OH is 1. The molecule has 2 aromatic rings. The zero-order chi connectivity index (χ0) is 19.9. The van der Waals surface area contributed by atoms with E-state index >= 15 is 0 Å². The molecule has 1 heterocycles. The number of fused-ring (bicyclic) bond motifs is 1. The zero-order valence-electron chi connectivity index (χ0n) is 16.0. The SMILES string of the molecule is CSCCC(CO)NC(=O)C(Cc1ccccc1)N1Cc2ccccc2C1=O. The first-order chi connectivity index (χ1) is 13.6. The summed E-state index contributed by atoms with van der Waals surface area (Å²) in [4.78, 5) is 27.7. The molecule has 2 aromatic carbocycles. The van der Waals surface area contributed by atoms with Gasteiger partial charge in [0.15, 0.2) is 0 Å². The maximum atomic E-state index is 13.1. The molecule has 0 aromatic heterocycles. The number of carbonyl (C=O) groups excluding carboxylic acids is 2. The van der Waals surface area contributed by atoms with Crippen molar-refractivity contribution in [2.24, 2.45) is 0 Å². The molecule has 1 aliphatic heterocycles. The highest BCUT2D eigenvalue weighted by molar-refractivity contribution is 7.98. The number of nitrogens with one attached hydrogen (secondary N) is 1. The first kappa shape index (κ1) is 20.4. The fourth-order valence-corrected chi connectivity index (χ4v) is 4.00. The van der Waals surface area contributed by atoms with E-state index in [1.165, 1.54) is 0 Å². The molecule has 0 spiro atoms. The number of hydrogen-bond acceptors (Lipinski definition) is 4. The molecule has 6 heteroatoms. The third kappa shape index (κ3) is 4.75. The topological polar surface area (TPSA) is 69.6 Å². The Morgan fingerprint density at radius 3 is 2.57 bits per heavy atom. The van der Waals surface area contributed by atoms with Crippen molar-refractivity contribution in [3.05, 3.63) is 71.3 Å². The lowest BCUT2D eigenvalue weighted by molar-refractivity contribution is -0.126. The zero-order valence-corrected chi connectivity index (χ0v) is 16.8. The molecule has 0 fully saturated rings. The lowest BCUT2D eigenvalue weighted by atomic mass is 10.0. The van der Waals surface area contributed by atoms with Crippen LogP contribution in [0.15, 0.2) is 54.6 Å². The molecule has 1 aliphatic rings. The maximum absolute atomic E-state index is 13.1. The van der Waals surface area contributed by atoms with Crippen molar-refractivity contribution in [2.45, 2.75) is 31.5 Å². The lowest BCUT2D eigenvalue weighted by Crippen LogP contribution is -2.51. The number of nitrogens with zero attached hydrogens (tertiary/aromatic N) is 1. The maximum Gasteiger partial charge on any atom is 0.255 e. The Kier molecular flexibility index (Phi) is 7.12. The molecule has 2 amide bonds. The highest BCUT2D eigenvalue weighted by Gasteiger charge is 2.36. The van der Waals surface area contributed by atoms with Crippen LogP contribution in [0.1, 0.15) is 27.9 Å². The van der Waals surface area contributed by atoms with Gasteiger partial charge in [-0.15, -0.1) is 0 Å². The molecule has 28 heavy (non-hydrogen) atoms. The van der Waals surface area contributed by atoms with Gasteiger partial charge >= 0.3 is 0 Å². The van der Waals surface area contributed by atoms with Crippen molar-refractivity contribution in [2.75, 3.05) is 18.6 Å². The highest BCUT2D eigenvalue weighted by atomic mass is 32.2. The van der Waals surface area contributed by atoms with E-state index in [2.05, 4.69) is 5.32 Å². The quantitative estimate of drug-likeness (QED) is 0.681. The lowest BCUT2D eigenvalue weighted by Gasteiger charge is -2.29. The van der Waals surface area contributed by atoms with Crippen molar-refractivity contribution in [1.82, 2.24) is 10.2 Å². The van der Waals surface area contributed by atoms with E-state index in [0.29, 0.717) is 24.9 Å². The fourth-order valence-electron chi connectivity index (χ4n) is 3.48.